The minimum Gasteiger partial charge on any atom is -0.497 e. The highest BCUT2D eigenvalue weighted by Gasteiger charge is 2.09. The third kappa shape index (κ3) is 4.16. The van der Waals surface area contributed by atoms with Gasteiger partial charge in [-0.15, -0.1) is 11.3 Å². The van der Waals surface area contributed by atoms with Gasteiger partial charge in [-0.3, -0.25) is 4.79 Å². The number of nitrogens with one attached hydrogen (secondary N) is 1. The van der Waals surface area contributed by atoms with Crippen LogP contribution in [0.25, 0.3) is 10.6 Å². The molecule has 0 fully saturated rings. The van der Waals surface area contributed by atoms with Crippen LogP contribution in [0.4, 0.5) is 0 Å². The first-order valence-corrected chi connectivity index (χ1v) is 8.58. The van der Waals surface area contributed by atoms with Gasteiger partial charge >= 0.3 is 0 Å². The lowest BCUT2D eigenvalue weighted by molar-refractivity contribution is 0.0950. The van der Waals surface area contributed by atoms with Crippen molar-refractivity contribution in [2.75, 3.05) is 14.2 Å². The fourth-order valence-corrected chi connectivity index (χ4v) is 3.12. The van der Waals surface area contributed by atoms with Crippen LogP contribution in [0.5, 0.6) is 11.5 Å². The summed E-state index contributed by atoms with van der Waals surface area (Å²) in [6.45, 7) is 0.378. The van der Waals surface area contributed by atoms with Gasteiger partial charge in [0.25, 0.3) is 5.91 Å². The molecule has 0 atom stereocenters. The number of hydrogen-bond acceptors (Lipinski definition) is 5. The Hall–Kier alpha value is -2.86. The van der Waals surface area contributed by atoms with Crippen molar-refractivity contribution in [3.8, 4) is 22.1 Å². The van der Waals surface area contributed by atoms with Gasteiger partial charge in [0.05, 0.1) is 26.5 Å². The fraction of sp³-hybridized carbons (Fsp3) is 0.158. The Balaban J connectivity index is 1.63. The molecule has 128 valence electrons. The van der Waals surface area contributed by atoms with Crippen LogP contribution in [0.3, 0.4) is 0 Å². The van der Waals surface area contributed by atoms with E-state index in [4.69, 9.17) is 9.47 Å². The van der Waals surface area contributed by atoms with Gasteiger partial charge in [-0.25, -0.2) is 4.98 Å². The van der Waals surface area contributed by atoms with Crippen molar-refractivity contribution in [2.45, 2.75) is 6.54 Å². The van der Waals surface area contributed by atoms with Gasteiger partial charge in [0.1, 0.15) is 16.5 Å². The van der Waals surface area contributed by atoms with Gasteiger partial charge in [0.15, 0.2) is 0 Å². The number of amides is 1. The van der Waals surface area contributed by atoms with Crippen LogP contribution in [0.2, 0.25) is 0 Å². The molecule has 0 saturated heterocycles. The first-order valence-electron chi connectivity index (χ1n) is 7.70. The zero-order valence-corrected chi connectivity index (χ0v) is 14.8. The van der Waals surface area contributed by atoms with Gasteiger partial charge < -0.3 is 14.8 Å². The van der Waals surface area contributed by atoms with Crippen molar-refractivity contribution >= 4 is 17.2 Å². The maximum atomic E-state index is 12.2. The monoisotopic (exact) mass is 354 g/mol. The van der Waals surface area contributed by atoms with Crippen LogP contribution in [0.1, 0.15) is 16.1 Å². The third-order valence-electron chi connectivity index (χ3n) is 3.65. The van der Waals surface area contributed by atoms with Crippen molar-refractivity contribution < 1.29 is 14.3 Å². The summed E-state index contributed by atoms with van der Waals surface area (Å²) in [5, 5.41) is 5.74. The molecule has 1 aromatic heterocycles. The lowest BCUT2D eigenvalue weighted by atomic mass is 10.2. The van der Waals surface area contributed by atoms with Crippen LogP contribution >= 0.6 is 11.3 Å². The maximum Gasteiger partial charge on any atom is 0.251 e. The zero-order valence-electron chi connectivity index (χ0n) is 14.0. The zero-order chi connectivity index (χ0) is 17.6. The number of carbonyl (C=O) groups is 1. The molecule has 1 amide bonds. The summed E-state index contributed by atoms with van der Waals surface area (Å²) in [7, 11) is 3.22. The average molecular weight is 354 g/mol. The number of hydrogen-bond donors (Lipinski definition) is 1. The molecular formula is C19H18N2O3S. The standard InChI is InChI=1S/C19H18N2O3S/c1-23-16-8-6-13(7-9-16)19-21-15(12-25-19)11-20-18(22)14-4-3-5-17(10-14)24-2/h3-10,12H,11H2,1-2H3,(H,20,22). The number of methoxy groups -OCH3 is 2. The first-order chi connectivity index (χ1) is 12.2. The Kier molecular flexibility index (Phi) is 5.30. The van der Waals surface area contributed by atoms with Crippen molar-refractivity contribution in [3.63, 3.8) is 0 Å². The van der Waals surface area contributed by atoms with Gasteiger partial charge in [-0.1, -0.05) is 6.07 Å². The quantitative estimate of drug-likeness (QED) is 0.732. The van der Waals surface area contributed by atoms with Gasteiger partial charge in [0.2, 0.25) is 0 Å². The van der Waals surface area contributed by atoms with E-state index in [9.17, 15) is 4.79 Å². The molecule has 1 N–H and O–H groups in total. The highest BCUT2D eigenvalue weighted by Crippen LogP contribution is 2.25. The second-order valence-electron chi connectivity index (χ2n) is 5.29. The van der Waals surface area contributed by atoms with E-state index in [0.29, 0.717) is 17.9 Å². The molecule has 5 nitrogen and oxygen atoms in total. The van der Waals surface area contributed by atoms with Crippen molar-refractivity contribution in [2.24, 2.45) is 0 Å². The third-order valence-corrected chi connectivity index (χ3v) is 4.59. The highest BCUT2D eigenvalue weighted by molar-refractivity contribution is 7.13. The van der Waals surface area contributed by atoms with E-state index in [2.05, 4.69) is 10.3 Å². The molecule has 0 radical (unpaired) electrons. The second-order valence-corrected chi connectivity index (χ2v) is 6.15. The fourth-order valence-electron chi connectivity index (χ4n) is 2.29. The summed E-state index contributed by atoms with van der Waals surface area (Å²) in [6, 6.07) is 14.8. The largest absolute Gasteiger partial charge is 0.497 e. The molecule has 0 spiro atoms. The molecule has 6 heteroatoms. The van der Waals surface area contributed by atoms with Crippen molar-refractivity contribution in [3.05, 3.63) is 65.2 Å². The molecule has 0 aliphatic carbocycles. The molecule has 0 aliphatic rings. The van der Waals surface area contributed by atoms with E-state index in [1.54, 1.807) is 49.8 Å². The Morgan fingerprint density at radius 3 is 2.56 bits per heavy atom. The minimum absolute atomic E-state index is 0.155. The average Bonchev–Trinajstić information content (AvgIpc) is 3.15. The number of aromatic nitrogens is 1. The highest BCUT2D eigenvalue weighted by atomic mass is 32.1. The van der Waals surface area contributed by atoms with Gasteiger partial charge in [0, 0.05) is 16.5 Å². The molecule has 25 heavy (non-hydrogen) atoms. The summed E-state index contributed by atoms with van der Waals surface area (Å²) in [4.78, 5) is 16.8. The van der Waals surface area contributed by atoms with Crippen molar-refractivity contribution in [1.82, 2.24) is 10.3 Å². The SMILES string of the molecule is COc1ccc(-c2nc(CNC(=O)c3cccc(OC)c3)cs2)cc1. The van der Waals surface area contributed by atoms with E-state index in [0.717, 1.165) is 22.0 Å². The Labute approximate surface area is 150 Å². The summed E-state index contributed by atoms with van der Waals surface area (Å²) in [5.74, 6) is 1.31. The number of rotatable bonds is 6. The van der Waals surface area contributed by atoms with Crippen molar-refractivity contribution in [1.29, 1.82) is 0 Å². The predicted molar refractivity (Wildman–Crippen MR) is 98.3 cm³/mol. The summed E-state index contributed by atoms with van der Waals surface area (Å²) in [6.07, 6.45) is 0. The van der Waals surface area contributed by atoms with E-state index in [1.807, 2.05) is 29.6 Å². The lowest BCUT2D eigenvalue weighted by Crippen LogP contribution is -2.22. The maximum absolute atomic E-state index is 12.2. The second kappa shape index (κ2) is 7.81. The molecule has 1 heterocycles. The number of carbonyl (C=O) groups excluding carboxylic acids is 1. The van der Waals surface area contributed by atoms with E-state index in [-0.39, 0.29) is 5.91 Å². The smallest absolute Gasteiger partial charge is 0.251 e. The number of benzene rings is 2. The van der Waals surface area contributed by atoms with Gasteiger partial charge in [-0.2, -0.15) is 0 Å². The predicted octanol–water partition coefficient (Wildman–Crippen LogP) is 3.76. The Morgan fingerprint density at radius 1 is 1.08 bits per heavy atom. The summed E-state index contributed by atoms with van der Waals surface area (Å²) < 4.78 is 10.3. The molecule has 3 aromatic rings. The van der Waals surface area contributed by atoms with Crippen LogP contribution in [0.15, 0.2) is 53.9 Å². The Morgan fingerprint density at radius 2 is 1.84 bits per heavy atom. The molecule has 0 bridgehead atoms. The Bertz CT molecular complexity index is 859. The van der Waals surface area contributed by atoms with E-state index < -0.39 is 0 Å². The molecular weight excluding hydrogens is 336 g/mol. The number of ether oxygens (including phenoxy) is 2. The van der Waals surface area contributed by atoms with Crippen LogP contribution in [-0.2, 0) is 6.54 Å². The molecule has 2 aromatic carbocycles. The molecule has 0 saturated carbocycles. The van der Waals surface area contributed by atoms with Crippen LogP contribution in [0, 0.1) is 0 Å². The summed E-state index contributed by atoms with van der Waals surface area (Å²) in [5.41, 5.74) is 2.41. The van der Waals surface area contributed by atoms with Gasteiger partial charge in [-0.05, 0) is 42.5 Å². The van der Waals surface area contributed by atoms with E-state index in [1.165, 1.54) is 0 Å². The first kappa shape index (κ1) is 17.0. The minimum atomic E-state index is -0.155. The summed E-state index contributed by atoms with van der Waals surface area (Å²) >= 11 is 1.55. The number of thiazole rings is 1. The lowest BCUT2D eigenvalue weighted by Gasteiger charge is -2.05. The van der Waals surface area contributed by atoms with Crippen LogP contribution in [-0.4, -0.2) is 25.1 Å². The van der Waals surface area contributed by atoms with Crippen LogP contribution < -0.4 is 14.8 Å². The molecule has 0 unspecified atom stereocenters. The number of nitrogens with zero attached hydrogens (tertiary/aromatic N) is 1. The molecule has 0 aliphatic heterocycles. The normalized spacial score (nSPS) is 10.3. The van der Waals surface area contributed by atoms with E-state index >= 15 is 0 Å². The topological polar surface area (TPSA) is 60.5 Å². The molecule has 3 rings (SSSR count).